The molecular weight excluding hydrogens is 276 g/mol. The first kappa shape index (κ1) is 12.2. The smallest absolute Gasteiger partial charge is 0.269 e. The summed E-state index contributed by atoms with van der Waals surface area (Å²) >= 11 is 0. The molecular formula is C14H10N2O5. The van der Waals surface area contributed by atoms with Gasteiger partial charge in [0.2, 0.25) is 11.8 Å². The van der Waals surface area contributed by atoms with Gasteiger partial charge in [-0.1, -0.05) is 12.2 Å². The second kappa shape index (κ2) is 3.98. The average molecular weight is 286 g/mol. The molecule has 7 heteroatoms. The number of nitro benzene ring substituents is 1. The van der Waals surface area contributed by atoms with Crippen molar-refractivity contribution in [2.45, 2.75) is 12.2 Å². The fraction of sp³-hybridized carbons (Fsp3) is 0.286. The van der Waals surface area contributed by atoms with Gasteiger partial charge in [-0.2, -0.15) is 0 Å². The summed E-state index contributed by atoms with van der Waals surface area (Å²) < 4.78 is 5.55. The van der Waals surface area contributed by atoms with E-state index < -0.39 is 16.8 Å². The molecule has 2 fully saturated rings. The number of hydrogen-bond acceptors (Lipinski definition) is 5. The molecule has 3 aliphatic heterocycles. The van der Waals surface area contributed by atoms with Crippen LogP contribution in [-0.4, -0.2) is 28.9 Å². The van der Waals surface area contributed by atoms with Crippen molar-refractivity contribution >= 4 is 23.2 Å². The van der Waals surface area contributed by atoms with Gasteiger partial charge in [-0.05, 0) is 12.1 Å². The van der Waals surface area contributed by atoms with Crippen LogP contribution in [0.1, 0.15) is 0 Å². The monoisotopic (exact) mass is 286 g/mol. The van der Waals surface area contributed by atoms with E-state index in [2.05, 4.69) is 0 Å². The van der Waals surface area contributed by atoms with Crippen molar-refractivity contribution in [1.29, 1.82) is 0 Å². The number of amides is 2. The lowest BCUT2D eigenvalue weighted by atomic mass is 9.85. The maximum absolute atomic E-state index is 12.5. The topological polar surface area (TPSA) is 89.8 Å². The number of imide groups is 1. The zero-order valence-corrected chi connectivity index (χ0v) is 10.7. The van der Waals surface area contributed by atoms with Gasteiger partial charge in [0.25, 0.3) is 5.69 Å². The minimum absolute atomic E-state index is 0.0805. The Morgan fingerprint density at radius 1 is 1.00 bits per heavy atom. The zero-order valence-electron chi connectivity index (χ0n) is 10.7. The second-order valence-corrected chi connectivity index (χ2v) is 5.29. The highest BCUT2D eigenvalue weighted by Crippen LogP contribution is 2.46. The normalized spacial score (nSPS) is 32.9. The first-order valence-electron chi connectivity index (χ1n) is 6.54. The quantitative estimate of drug-likeness (QED) is 0.350. The molecule has 2 amide bonds. The van der Waals surface area contributed by atoms with Gasteiger partial charge in [-0.3, -0.25) is 19.7 Å². The molecule has 21 heavy (non-hydrogen) atoms. The number of benzene rings is 1. The third kappa shape index (κ3) is 1.52. The van der Waals surface area contributed by atoms with Crippen LogP contribution in [0.3, 0.4) is 0 Å². The summed E-state index contributed by atoms with van der Waals surface area (Å²) in [6, 6.07) is 5.41. The Morgan fingerprint density at radius 3 is 2.00 bits per heavy atom. The number of rotatable bonds is 2. The van der Waals surface area contributed by atoms with E-state index in [1.165, 1.54) is 24.3 Å². The standard InChI is InChI=1S/C14H10N2O5/c17-13-11-9-5-6-10(21-9)12(11)14(18)15(13)7-1-3-8(4-2-7)16(19)20/h1-6,9-12H/t9-,10-,11-,12+/m1/s1. The van der Waals surface area contributed by atoms with Gasteiger partial charge in [0.05, 0.1) is 34.7 Å². The van der Waals surface area contributed by atoms with Gasteiger partial charge < -0.3 is 4.74 Å². The lowest BCUT2D eigenvalue weighted by molar-refractivity contribution is -0.384. The Morgan fingerprint density at radius 2 is 1.52 bits per heavy atom. The molecule has 1 aromatic rings. The van der Waals surface area contributed by atoms with Crippen LogP contribution in [0.15, 0.2) is 36.4 Å². The number of nitrogens with zero attached hydrogens (tertiary/aromatic N) is 2. The number of fused-ring (bicyclic) bond motifs is 5. The lowest BCUT2D eigenvalue weighted by Gasteiger charge is -2.17. The highest BCUT2D eigenvalue weighted by Gasteiger charge is 2.60. The minimum atomic E-state index is -0.524. The predicted octanol–water partition coefficient (Wildman–Crippen LogP) is 1.04. The van der Waals surface area contributed by atoms with Crippen molar-refractivity contribution in [1.82, 2.24) is 0 Å². The van der Waals surface area contributed by atoms with Crippen LogP contribution in [0.4, 0.5) is 11.4 Å². The lowest BCUT2D eigenvalue weighted by Crippen LogP contribution is -2.34. The van der Waals surface area contributed by atoms with Gasteiger partial charge in [-0.25, -0.2) is 4.90 Å². The van der Waals surface area contributed by atoms with E-state index in [0.717, 1.165) is 4.90 Å². The van der Waals surface area contributed by atoms with Gasteiger partial charge in [0.1, 0.15) is 0 Å². The summed E-state index contributed by atoms with van der Waals surface area (Å²) in [5.74, 6) is -1.53. The Bertz CT molecular complexity index is 666. The Labute approximate surface area is 118 Å². The number of carbonyl (C=O) groups excluding carboxylic acids is 2. The summed E-state index contributed by atoms with van der Waals surface area (Å²) in [5.41, 5.74) is 0.285. The zero-order chi connectivity index (χ0) is 14.7. The number of hydrogen-bond donors (Lipinski definition) is 0. The molecule has 0 unspecified atom stereocenters. The molecule has 0 saturated carbocycles. The Kier molecular flexibility index (Phi) is 2.32. The van der Waals surface area contributed by atoms with Crippen LogP contribution >= 0.6 is 0 Å². The minimum Gasteiger partial charge on any atom is -0.365 e. The summed E-state index contributed by atoms with van der Waals surface area (Å²) in [6.07, 6.45) is 2.96. The van der Waals surface area contributed by atoms with E-state index in [4.69, 9.17) is 4.74 Å². The van der Waals surface area contributed by atoms with Crippen LogP contribution in [0, 0.1) is 22.0 Å². The highest BCUT2D eigenvalue weighted by molar-refractivity contribution is 6.23. The number of non-ortho nitro benzene ring substituents is 1. The molecule has 0 aliphatic carbocycles. The summed E-state index contributed by atoms with van der Waals surface area (Å²) in [5, 5.41) is 10.6. The van der Waals surface area contributed by atoms with Crippen LogP contribution < -0.4 is 4.90 Å². The number of nitro groups is 1. The molecule has 106 valence electrons. The van der Waals surface area contributed by atoms with Crippen molar-refractivity contribution in [3.8, 4) is 0 Å². The van der Waals surface area contributed by atoms with Gasteiger partial charge in [0.15, 0.2) is 0 Å². The van der Waals surface area contributed by atoms with E-state index in [9.17, 15) is 19.7 Å². The highest BCUT2D eigenvalue weighted by atomic mass is 16.6. The van der Waals surface area contributed by atoms with Crippen molar-refractivity contribution < 1.29 is 19.2 Å². The molecule has 2 saturated heterocycles. The second-order valence-electron chi connectivity index (χ2n) is 5.29. The molecule has 0 N–H and O–H groups in total. The maximum Gasteiger partial charge on any atom is 0.269 e. The predicted molar refractivity (Wildman–Crippen MR) is 70.4 cm³/mol. The fourth-order valence-corrected chi connectivity index (χ4v) is 3.28. The molecule has 4 atom stereocenters. The largest absolute Gasteiger partial charge is 0.365 e. The molecule has 2 bridgehead atoms. The van der Waals surface area contributed by atoms with Gasteiger partial charge >= 0.3 is 0 Å². The molecule has 3 heterocycles. The van der Waals surface area contributed by atoms with Crippen molar-refractivity contribution in [3.05, 3.63) is 46.5 Å². The van der Waals surface area contributed by atoms with Crippen LogP contribution in [0.25, 0.3) is 0 Å². The van der Waals surface area contributed by atoms with Gasteiger partial charge in [0, 0.05) is 12.1 Å². The average Bonchev–Trinajstić information content (AvgIpc) is 3.13. The fourth-order valence-electron chi connectivity index (χ4n) is 3.28. The third-order valence-electron chi connectivity index (χ3n) is 4.23. The van der Waals surface area contributed by atoms with E-state index in [-0.39, 0.29) is 29.7 Å². The maximum atomic E-state index is 12.5. The van der Waals surface area contributed by atoms with Crippen LogP contribution in [0.2, 0.25) is 0 Å². The Hall–Kier alpha value is -2.54. The first-order valence-corrected chi connectivity index (χ1v) is 6.54. The van der Waals surface area contributed by atoms with Crippen LogP contribution in [-0.2, 0) is 14.3 Å². The summed E-state index contributed by atoms with van der Waals surface area (Å²) in [4.78, 5) is 36.2. The Balaban J connectivity index is 1.69. The van der Waals surface area contributed by atoms with Gasteiger partial charge in [-0.15, -0.1) is 0 Å². The van der Waals surface area contributed by atoms with E-state index >= 15 is 0 Å². The number of anilines is 1. The van der Waals surface area contributed by atoms with Crippen molar-refractivity contribution in [2.75, 3.05) is 4.90 Å². The number of carbonyl (C=O) groups is 2. The molecule has 0 radical (unpaired) electrons. The molecule has 0 aromatic heterocycles. The molecule has 1 aromatic carbocycles. The van der Waals surface area contributed by atoms with Crippen molar-refractivity contribution in [2.24, 2.45) is 11.8 Å². The van der Waals surface area contributed by atoms with E-state index in [0.29, 0.717) is 5.69 Å². The molecule has 3 aliphatic rings. The first-order chi connectivity index (χ1) is 10.1. The SMILES string of the molecule is O=C1[C@@H]2[C@H](C(=O)N1c1ccc([N+](=O)[O-])cc1)[C@H]1C=C[C@H]2O1. The summed E-state index contributed by atoms with van der Waals surface area (Å²) in [6.45, 7) is 0. The molecule has 0 spiro atoms. The number of ether oxygens (including phenoxy) is 1. The molecule has 4 rings (SSSR count). The van der Waals surface area contributed by atoms with E-state index in [1.54, 1.807) is 0 Å². The molecule has 7 nitrogen and oxygen atoms in total. The van der Waals surface area contributed by atoms with Crippen molar-refractivity contribution in [3.63, 3.8) is 0 Å². The van der Waals surface area contributed by atoms with E-state index in [1.807, 2.05) is 12.2 Å². The summed E-state index contributed by atoms with van der Waals surface area (Å²) in [7, 11) is 0. The third-order valence-corrected chi connectivity index (χ3v) is 4.23. The van der Waals surface area contributed by atoms with Crippen LogP contribution in [0.5, 0.6) is 0 Å².